The number of carbonyl (C=O) groups excluding carboxylic acids is 1. The van der Waals surface area contributed by atoms with E-state index >= 15 is 0 Å². The molecule has 0 aliphatic carbocycles. The molecule has 7 heteroatoms. The Hall–Kier alpha value is -1.92. The number of alkyl halides is 3. The highest BCUT2D eigenvalue weighted by Crippen LogP contribution is 2.27. The van der Waals surface area contributed by atoms with E-state index in [1.165, 1.54) is 7.11 Å². The van der Waals surface area contributed by atoms with Gasteiger partial charge in [-0.05, 0) is 18.2 Å². The van der Waals surface area contributed by atoms with Crippen LogP contribution < -0.4 is 14.6 Å². The maximum atomic E-state index is 11.8. The molecule has 0 aliphatic heterocycles. The molecule has 0 heterocycles. The third kappa shape index (κ3) is 3.04. The van der Waals surface area contributed by atoms with E-state index in [9.17, 15) is 23.1 Å². The van der Waals surface area contributed by atoms with Crippen molar-refractivity contribution < 1.29 is 32.5 Å². The first-order valence-electron chi connectivity index (χ1n) is 3.98. The number of benzene rings is 1. The Kier molecular flexibility index (Phi) is 3.26. The molecule has 16 heavy (non-hydrogen) atoms. The summed E-state index contributed by atoms with van der Waals surface area (Å²) in [6.07, 6.45) is -4.88. The van der Waals surface area contributed by atoms with Crippen molar-refractivity contribution in [3.8, 4) is 11.5 Å². The van der Waals surface area contributed by atoms with Crippen molar-refractivity contribution in [3.05, 3.63) is 23.8 Å². The highest BCUT2D eigenvalue weighted by Gasteiger charge is 2.31. The number of halogens is 3. The van der Waals surface area contributed by atoms with E-state index in [1.54, 1.807) is 0 Å². The Morgan fingerprint density at radius 1 is 1.38 bits per heavy atom. The third-order valence-electron chi connectivity index (χ3n) is 1.62. The molecule has 0 saturated carbocycles. The Balaban J connectivity index is 3.07. The molecule has 0 N–H and O–H groups in total. The summed E-state index contributed by atoms with van der Waals surface area (Å²) < 4.78 is 43.7. The first kappa shape index (κ1) is 12.2. The molecule has 0 saturated heterocycles. The molecule has 0 atom stereocenters. The average molecular weight is 235 g/mol. The molecule has 1 rings (SSSR count). The molecule has 0 aromatic heterocycles. The van der Waals surface area contributed by atoms with Crippen molar-refractivity contribution in [2.45, 2.75) is 6.36 Å². The Bertz CT molecular complexity index is 400. The van der Waals surface area contributed by atoms with Crippen LogP contribution in [-0.4, -0.2) is 19.4 Å². The lowest BCUT2D eigenvalue weighted by Crippen LogP contribution is -2.23. The second-order valence-electron chi connectivity index (χ2n) is 2.70. The van der Waals surface area contributed by atoms with Crippen LogP contribution in [0, 0.1) is 0 Å². The van der Waals surface area contributed by atoms with Gasteiger partial charge in [0.1, 0.15) is 11.5 Å². The molecule has 0 fully saturated rings. The summed E-state index contributed by atoms with van der Waals surface area (Å²) in [5.74, 6) is -2.40. The number of carboxylic acid groups (broad SMARTS) is 1. The second-order valence-corrected chi connectivity index (χ2v) is 2.70. The number of aromatic carboxylic acids is 1. The van der Waals surface area contributed by atoms with Gasteiger partial charge in [0.05, 0.1) is 13.1 Å². The summed E-state index contributed by atoms with van der Waals surface area (Å²) in [6.45, 7) is 0. The summed E-state index contributed by atoms with van der Waals surface area (Å²) in [4.78, 5) is 10.6. The average Bonchev–Trinajstić information content (AvgIpc) is 2.15. The molecule has 1 aromatic carbocycles. The van der Waals surface area contributed by atoms with Crippen LogP contribution in [0.15, 0.2) is 18.2 Å². The van der Waals surface area contributed by atoms with E-state index in [2.05, 4.69) is 9.47 Å². The number of ether oxygens (including phenoxy) is 2. The van der Waals surface area contributed by atoms with Gasteiger partial charge in [0.2, 0.25) is 0 Å². The molecule has 88 valence electrons. The zero-order chi connectivity index (χ0) is 12.3. The lowest BCUT2D eigenvalue weighted by molar-refractivity contribution is -0.275. The van der Waals surface area contributed by atoms with Crippen molar-refractivity contribution in [2.24, 2.45) is 0 Å². The summed E-state index contributed by atoms with van der Waals surface area (Å²) in [5.41, 5.74) is -0.510. The van der Waals surface area contributed by atoms with Gasteiger partial charge in [0.15, 0.2) is 0 Å². The zero-order valence-electron chi connectivity index (χ0n) is 8.00. The third-order valence-corrected chi connectivity index (χ3v) is 1.62. The van der Waals surface area contributed by atoms with Crippen LogP contribution in [0.3, 0.4) is 0 Å². The van der Waals surface area contributed by atoms with Crippen molar-refractivity contribution in [2.75, 3.05) is 7.11 Å². The number of carbonyl (C=O) groups is 1. The fourth-order valence-corrected chi connectivity index (χ4v) is 1.04. The van der Waals surface area contributed by atoms with Gasteiger partial charge in [0, 0.05) is 5.56 Å². The highest BCUT2D eigenvalue weighted by molar-refractivity contribution is 5.89. The molecule has 0 bridgehead atoms. The minimum Gasteiger partial charge on any atom is -0.545 e. The monoisotopic (exact) mass is 235 g/mol. The quantitative estimate of drug-likeness (QED) is 0.782. The topological polar surface area (TPSA) is 58.6 Å². The SMILES string of the molecule is COc1ccc(OC(F)(F)F)cc1C(=O)[O-]. The molecule has 1 aromatic rings. The van der Waals surface area contributed by atoms with Gasteiger partial charge in [-0.1, -0.05) is 0 Å². The Morgan fingerprint density at radius 2 is 2.00 bits per heavy atom. The maximum absolute atomic E-state index is 11.8. The minimum atomic E-state index is -4.88. The standard InChI is InChI=1S/C9H7F3O4/c1-15-7-3-2-5(16-9(10,11)12)4-6(7)8(13)14/h2-4H,1H3,(H,13,14)/p-1. The first-order valence-corrected chi connectivity index (χ1v) is 3.98. The summed E-state index contributed by atoms with van der Waals surface area (Å²) in [5, 5.41) is 10.6. The van der Waals surface area contributed by atoms with Gasteiger partial charge in [0.25, 0.3) is 0 Å². The van der Waals surface area contributed by atoms with Crippen LogP contribution in [-0.2, 0) is 0 Å². The van der Waals surface area contributed by atoms with Gasteiger partial charge < -0.3 is 19.4 Å². The molecule has 0 unspecified atom stereocenters. The van der Waals surface area contributed by atoms with Gasteiger partial charge in [-0.3, -0.25) is 0 Å². The summed E-state index contributed by atoms with van der Waals surface area (Å²) in [6, 6.07) is 2.67. The van der Waals surface area contributed by atoms with E-state index in [0.29, 0.717) is 6.07 Å². The van der Waals surface area contributed by atoms with Crippen LogP contribution in [0.5, 0.6) is 11.5 Å². The number of carboxylic acids is 1. The van der Waals surface area contributed by atoms with Crippen LogP contribution in [0.4, 0.5) is 13.2 Å². The van der Waals surface area contributed by atoms with E-state index in [1.807, 2.05) is 0 Å². The van der Waals surface area contributed by atoms with Crippen molar-refractivity contribution in [1.82, 2.24) is 0 Å². The zero-order valence-corrected chi connectivity index (χ0v) is 8.00. The molecule has 0 amide bonds. The predicted octanol–water partition coefficient (Wildman–Crippen LogP) is 0.957. The smallest absolute Gasteiger partial charge is 0.545 e. The van der Waals surface area contributed by atoms with Crippen LogP contribution in [0.2, 0.25) is 0 Å². The minimum absolute atomic E-state index is 0.102. The van der Waals surface area contributed by atoms with E-state index in [4.69, 9.17) is 0 Å². The fourth-order valence-electron chi connectivity index (χ4n) is 1.04. The first-order chi connectivity index (χ1) is 7.33. The lowest BCUT2D eigenvalue weighted by atomic mass is 10.2. The van der Waals surface area contributed by atoms with Crippen molar-refractivity contribution in [1.29, 1.82) is 0 Å². The predicted molar refractivity (Wildman–Crippen MR) is 44.0 cm³/mol. The second kappa shape index (κ2) is 4.30. The van der Waals surface area contributed by atoms with Gasteiger partial charge >= 0.3 is 6.36 Å². The van der Waals surface area contributed by atoms with Gasteiger partial charge in [-0.15, -0.1) is 13.2 Å². The summed E-state index contributed by atoms with van der Waals surface area (Å²) in [7, 11) is 1.19. The fraction of sp³-hybridized carbons (Fsp3) is 0.222. The number of rotatable bonds is 3. The van der Waals surface area contributed by atoms with Crippen molar-refractivity contribution in [3.63, 3.8) is 0 Å². The molecule has 0 aliphatic rings. The van der Waals surface area contributed by atoms with Crippen LogP contribution in [0.25, 0.3) is 0 Å². The highest BCUT2D eigenvalue weighted by atomic mass is 19.4. The number of methoxy groups -OCH3 is 1. The van der Waals surface area contributed by atoms with Gasteiger partial charge in [-0.2, -0.15) is 0 Å². The maximum Gasteiger partial charge on any atom is 0.573 e. The Morgan fingerprint density at radius 3 is 2.44 bits per heavy atom. The molecule has 0 spiro atoms. The molecule has 0 radical (unpaired) electrons. The van der Waals surface area contributed by atoms with Crippen LogP contribution in [0.1, 0.15) is 10.4 Å². The molecular formula is C9H6F3O4-. The summed E-state index contributed by atoms with van der Waals surface area (Å²) >= 11 is 0. The normalized spacial score (nSPS) is 11.0. The number of hydrogen-bond acceptors (Lipinski definition) is 4. The van der Waals surface area contributed by atoms with Crippen molar-refractivity contribution >= 4 is 5.97 Å². The molecule has 4 nitrogen and oxygen atoms in total. The van der Waals surface area contributed by atoms with E-state index in [-0.39, 0.29) is 5.75 Å². The molecular weight excluding hydrogens is 229 g/mol. The number of hydrogen-bond donors (Lipinski definition) is 0. The van der Waals surface area contributed by atoms with Gasteiger partial charge in [-0.25, -0.2) is 0 Å². The van der Waals surface area contributed by atoms with E-state index in [0.717, 1.165) is 12.1 Å². The lowest BCUT2D eigenvalue weighted by Gasteiger charge is -2.13. The van der Waals surface area contributed by atoms with E-state index < -0.39 is 23.6 Å². The Labute approximate surface area is 88.2 Å². The largest absolute Gasteiger partial charge is 0.573 e. The van der Waals surface area contributed by atoms with Crippen LogP contribution >= 0.6 is 0 Å².